The molecule has 0 saturated heterocycles. The molecule has 0 aliphatic heterocycles. The topological polar surface area (TPSA) is 20.5 Å². The van der Waals surface area contributed by atoms with Gasteiger partial charge in [0, 0.05) is 29.9 Å². The van der Waals surface area contributed by atoms with Crippen LogP contribution in [0.5, 0.6) is 0 Å². The SMILES string of the molecule is C[C@H](c1cccs1)N(C)Cc1cn2ccccc2n1. The molecule has 0 fully saturated rings. The Morgan fingerprint density at radius 3 is 2.95 bits per heavy atom. The molecular formula is C15H17N3S. The standard InChI is InChI=1S/C15H17N3S/c1-12(14-6-5-9-19-14)17(2)10-13-11-18-8-4-3-7-15(18)16-13/h3-9,11-12H,10H2,1-2H3/t12-/m1/s1. The van der Waals surface area contributed by atoms with Crippen LogP contribution in [0.4, 0.5) is 0 Å². The Bertz CT molecular complexity index is 624. The van der Waals surface area contributed by atoms with Gasteiger partial charge in [-0.3, -0.25) is 4.90 Å². The van der Waals surface area contributed by atoms with Gasteiger partial charge in [-0.05, 0) is 37.6 Å². The first-order valence-electron chi connectivity index (χ1n) is 6.40. The number of imidazole rings is 1. The Morgan fingerprint density at radius 1 is 1.32 bits per heavy atom. The third-order valence-electron chi connectivity index (χ3n) is 3.44. The maximum Gasteiger partial charge on any atom is 0.137 e. The second kappa shape index (κ2) is 5.15. The number of rotatable bonds is 4. The summed E-state index contributed by atoms with van der Waals surface area (Å²) in [5.41, 5.74) is 2.12. The van der Waals surface area contributed by atoms with Gasteiger partial charge in [0.2, 0.25) is 0 Å². The molecule has 0 aromatic carbocycles. The number of aromatic nitrogens is 2. The highest BCUT2D eigenvalue weighted by Gasteiger charge is 2.14. The summed E-state index contributed by atoms with van der Waals surface area (Å²) in [7, 11) is 2.15. The van der Waals surface area contributed by atoms with Crippen molar-refractivity contribution in [3.8, 4) is 0 Å². The molecule has 4 heteroatoms. The summed E-state index contributed by atoms with van der Waals surface area (Å²) in [4.78, 5) is 8.36. The van der Waals surface area contributed by atoms with Crippen LogP contribution in [0.25, 0.3) is 5.65 Å². The maximum absolute atomic E-state index is 4.64. The van der Waals surface area contributed by atoms with Crippen LogP contribution in [0.3, 0.4) is 0 Å². The van der Waals surface area contributed by atoms with E-state index in [1.807, 2.05) is 35.7 Å². The van der Waals surface area contributed by atoms with Crippen molar-refractivity contribution in [2.45, 2.75) is 19.5 Å². The molecule has 0 unspecified atom stereocenters. The van der Waals surface area contributed by atoms with E-state index in [-0.39, 0.29) is 0 Å². The van der Waals surface area contributed by atoms with E-state index >= 15 is 0 Å². The van der Waals surface area contributed by atoms with E-state index in [9.17, 15) is 0 Å². The van der Waals surface area contributed by atoms with E-state index in [4.69, 9.17) is 0 Å². The minimum atomic E-state index is 0.421. The molecule has 0 radical (unpaired) electrons. The van der Waals surface area contributed by atoms with Crippen LogP contribution in [0, 0.1) is 0 Å². The molecule has 3 aromatic rings. The molecule has 0 aliphatic rings. The number of thiophene rings is 1. The Kier molecular flexibility index (Phi) is 3.36. The van der Waals surface area contributed by atoms with Gasteiger partial charge in [-0.25, -0.2) is 4.98 Å². The zero-order chi connectivity index (χ0) is 13.2. The van der Waals surface area contributed by atoms with Gasteiger partial charge in [-0.2, -0.15) is 0 Å². The average molecular weight is 271 g/mol. The number of nitrogens with zero attached hydrogens (tertiary/aromatic N) is 3. The minimum absolute atomic E-state index is 0.421. The molecule has 3 rings (SSSR count). The van der Waals surface area contributed by atoms with Crippen LogP contribution in [0.2, 0.25) is 0 Å². The van der Waals surface area contributed by atoms with Crippen molar-refractivity contribution < 1.29 is 0 Å². The average Bonchev–Trinajstić information content (AvgIpc) is 3.06. The predicted octanol–water partition coefficient (Wildman–Crippen LogP) is 3.59. The lowest BCUT2D eigenvalue weighted by atomic mass is 10.2. The summed E-state index contributed by atoms with van der Waals surface area (Å²) in [5.74, 6) is 0. The van der Waals surface area contributed by atoms with Gasteiger partial charge in [0.1, 0.15) is 5.65 Å². The van der Waals surface area contributed by atoms with Gasteiger partial charge in [0.25, 0.3) is 0 Å². The van der Waals surface area contributed by atoms with Gasteiger partial charge < -0.3 is 4.40 Å². The zero-order valence-electron chi connectivity index (χ0n) is 11.2. The molecule has 0 aliphatic carbocycles. The molecule has 0 bridgehead atoms. The fourth-order valence-electron chi connectivity index (χ4n) is 2.20. The summed E-state index contributed by atoms with van der Waals surface area (Å²) >= 11 is 1.81. The van der Waals surface area contributed by atoms with Crippen LogP contribution in [0.1, 0.15) is 23.5 Å². The fourth-order valence-corrected chi connectivity index (χ4v) is 3.05. The Labute approximate surface area is 117 Å². The van der Waals surface area contributed by atoms with Gasteiger partial charge in [0.15, 0.2) is 0 Å². The summed E-state index contributed by atoms with van der Waals surface area (Å²) < 4.78 is 2.07. The van der Waals surface area contributed by atoms with Crippen molar-refractivity contribution in [3.63, 3.8) is 0 Å². The normalized spacial score (nSPS) is 13.2. The summed E-state index contributed by atoms with van der Waals surface area (Å²) in [5, 5.41) is 2.13. The van der Waals surface area contributed by atoms with Crippen molar-refractivity contribution in [3.05, 3.63) is 58.7 Å². The highest BCUT2D eigenvalue weighted by Crippen LogP contribution is 2.24. The van der Waals surface area contributed by atoms with Crippen LogP contribution in [-0.2, 0) is 6.54 Å². The number of pyridine rings is 1. The van der Waals surface area contributed by atoms with Crippen molar-refractivity contribution in [1.29, 1.82) is 0 Å². The lowest BCUT2D eigenvalue weighted by molar-refractivity contribution is 0.254. The molecule has 19 heavy (non-hydrogen) atoms. The van der Waals surface area contributed by atoms with Crippen molar-refractivity contribution >= 4 is 17.0 Å². The first kappa shape index (κ1) is 12.4. The Morgan fingerprint density at radius 2 is 2.21 bits per heavy atom. The molecule has 0 spiro atoms. The molecular weight excluding hydrogens is 254 g/mol. The summed E-state index contributed by atoms with van der Waals surface area (Å²) in [6, 6.07) is 10.8. The van der Waals surface area contributed by atoms with Crippen LogP contribution >= 0.6 is 11.3 Å². The third-order valence-corrected chi connectivity index (χ3v) is 4.48. The van der Waals surface area contributed by atoms with Crippen LogP contribution in [0.15, 0.2) is 48.1 Å². The van der Waals surface area contributed by atoms with Gasteiger partial charge >= 0.3 is 0 Å². The number of hydrogen-bond acceptors (Lipinski definition) is 3. The maximum atomic E-state index is 4.64. The molecule has 98 valence electrons. The van der Waals surface area contributed by atoms with E-state index in [1.54, 1.807) is 0 Å². The molecule has 0 saturated carbocycles. The summed E-state index contributed by atoms with van der Waals surface area (Å²) in [6.45, 7) is 3.10. The zero-order valence-corrected chi connectivity index (χ0v) is 12.0. The minimum Gasteiger partial charge on any atom is -0.307 e. The molecule has 0 N–H and O–H groups in total. The first-order chi connectivity index (χ1) is 9.24. The quantitative estimate of drug-likeness (QED) is 0.723. The molecule has 3 aromatic heterocycles. The Balaban J connectivity index is 1.77. The van der Waals surface area contributed by atoms with E-state index in [1.165, 1.54) is 4.88 Å². The van der Waals surface area contributed by atoms with Gasteiger partial charge in [-0.1, -0.05) is 12.1 Å². The molecule has 3 heterocycles. The fraction of sp³-hybridized carbons (Fsp3) is 0.267. The Hall–Kier alpha value is -1.65. The van der Waals surface area contributed by atoms with Gasteiger partial charge in [-0.15, -0.1) is 11.3 Å². The summed E-state index contributed by atoms with van der Waals surface area (Å²) in [6.07, 6.45) is 4.14. The lowest BCUT2D eigenvalue weighted by Crippen LogP contribution is -2.21. The van der Waals surface area contributed by atoms with Crippen molar-refractivity contribution in [2.24, 2.45) is 0 Å². The van der Waals surface area contributed by atoms with Crippen LogP contribution in [-0.4, -0.2) is 21.3 Å². The molecule has 3 nitrogen and oxygen atoms in total. The van der Waals surface area contributed by atoms with Crippen molar-refractivity contribution in [1.82, 2.24) is 14.3 Å². The largest absolute Gasteiger partial charge is 0.307 e. The molecule has 1 atom stereocenters. The molecule has 0 amide bonds. The smallest absolute Gasteiger partial charge is 0.137 e. The highest BCUT2D eigenvalue weighted by molar-refractivity contribution is 7.10. The van der Waals surface area contributed by atoms with Crippen LogP contribution < -0.4 is 0 Å². The number of hydrogen-bond donors (Lipinski definition) is 0. The monoisotopic (exact) mass is 271 g/mol. The predicted molar refractivity (Wildman–Crippen MR) is 79.4 cm³/mol. The van der Waals surface area contributed by atoms with E-state index < -0.39 is 0 Å². The van der Waals surface area contributed by atoms with E-state index in [0.29, 0.717) is 6.04 Å². The van der Waals surface area contributed by atoms with E-state index in [0.717, 1.165) is 17.9 Å². The van der Waals surface area contributed by atoms with Gasteiger partial charge in [0.05, 0.1) is 5.69 Å². The lowest BCUT2D eigenvalue weighted by Gasteiger charge is -2.22. The third kappa shape index (κ3) is 2.55. The van der Waals surface area contributed by atoms with Crippen molar-refractivity contribution in [2.75, 3.05) is 7.05 Å². The highest BCUT2D eigenvalue weighted by atomic mass is 32.1. The second-order valence-corrected chi connectivity index (χ2v) is 5.78. The second-order valence-electron chi connectivity index (χ2n) is 4.80. The number of fused-ring (bicyclic) bond motifs is 1. The first-order valence-corrected chi connectivity index (χ1v) is 7.28. The van der Waals surface area contributed by atoms with E-state index in [2.05, 4.69) is 52.0 Å².